The Balaban J connectivity index is 2.78. The van der Waals surface area contributed by atoms with Crippen molar-refractivity contribution in [2.45, 2.75) is 33.0 Å². The predicted octanol–water partition coefficient (Wildman–Crippen LogP) is 3.14. The van der Waals surface area contributed by atoms with Gasteiger partial charge in [-0.15, -0.1) is 0 Å². The molecular formula is C13H20F3N3. The standard InChI is InChI=1S/C13H20F3N3/c1-4-17-10(3)11-6-7-12(18-8-11)19(5-2)9-13(14,15)16/h6-8,10,17H,4-5,9H2,1-3H3. The van der Waals surface area contributed by atoms with Gasteiger partial charge in [0.2, 0.25) is 0 Å². The zero-order chi connectivity index (χ0) is 14.5. The molecule has 0 fully saturated rings. The van der Waals surface area contributed by atoms with Gasteiger partial charge in [-0.25, -0.2) is 4.98 Å². The molecule has 0 saturated carbocycles. The van der Waals surface area contributed by atoms with Gasteiger partial charge in [0.25, 0.3) is 0 Å². The SMILES string of the molecule is CCNC(C)c1ccc(N(CC)CC(F)(F)F)nc1. The molecular weight excluding hydrogens is 255 g/mol. The van der Waals surface area contributed by atoms with Crippen LogP contribution in [0.1, 0.15) is 32.4 Å². The van der Waals surface area contributed by atoms with Gasteiger partial charge in [-0.05, 0) is 32.0 Å². The summed E-state index contributed by atoms with van der Waals surface area (Å²) in [6, 6.07) is 3.59. The van der Waals surface area contributed by atoms with Crippen LogP contribution >= 0.6 is 0 Å². The molecule has 0 aliphatic rings. The molecule has 1 N–H and O–H groups in total. The number of nitrogens with one attached hydrogen (secondary N) is 1. The van der Waals surface area contributed by atoms with Gasteiger partial charge in [0.1, 0.15) is 12.4 Å². The number of hydrogen-bond donors (Lipinski definition) is 1. The van der Waals surface area contributed by atoms with Crippen LogP contribution in [0.4, 0.5) is 19.0 Å². The van der Waals surface area contributed by atoms with Gasteiger partial charge in [-0.2, -0.15) is 13.2 Å². The number of nitrogens with zero attached hydrogens (tertiary/aromatic N) is 2. The van der Waals surface area contributed by atoms with E-state index >= 15 is 0 Å². The van der Waals surface area contributed by atoms with Gasteiger partial charge in [0.15, 0.2) is 0 Å². The summed E-state index contributed by atoms with van der Waals surface area (Å²) in [4.78, 5) is 5.33. The Bertz CT molecular complexity index is 376. The minimum Gasteiger partial charge on any atom is -0.348 e. The second-order valence-corrected chi connectivity index (χ2v) is 4.36. The first-order chi connectivity index (χ1) is 8.87. The Morgan fingerprint density at radius 1 is 1.32 bits per heavy atom. The molecule has 0 aromatic carbocycles. The van der Waals surface area contributed by atoms with Crippen LogP contribution in [0.5, 0.6) is 0 Å². The molecule has 19 heavy (non-hydrogen) atoms. The fourth-order valence-corrected chi connectivity index (χ4v) is 1.84. The molecule has 1 rings (SSSR count). The second kappa shape index (κ2) is 6.75. The van der Waals surface area contributed by atoms with Gasteiger partial charge < -0.3 is 10.2 Å². The number of pyridine rings is 1. The summed E-state index contributed by atoms with van der Waals surface area (Å²) in [6.45, 7) is 5.81. The molecule has 0 saturated heterocycles. The second-order valence-electron chi connectivity index (χ2n) is 4.36. The maximum atomic E-state index is 12.4. The van der Waals surface area contributed by atoms with Crippen LogP contribution in [0.15, 0.2) is 18.3 Å². The van der Waals surface area contributed by atoms with E-state index in [2.05, 4.69) is 10.3 Å². The zero-order valence-corrected chi connectivity index (χ0v) is 11.5. The van der Waals surface area contributed by atoms with Crippen LogP contribution in [-0.4, -0.2) is 30.8 Å². The van der Waals surface area contributed by atoms with E-state index in [0.717, 1.165) is 12.1 Å². The predicted molar refractivity (Wildman–Crippen MR) is 70.3 cm³/mol. The molecule has 6 heteroatoms. The van der Waals surface area contributed by atoms with Gasteiger partial charge in [0.05, 0.1) is 0 Å². The van der Waals surface area contributed by atoms with Crippen LogP contribution in [0.2, 0.25) is 0 Å². The van der Waals surface area contributed by atoms with E-state index in [1.807, 2.05) is 19.9 Å². The van der Waals surface area contributed by atoms with Crippen molar-refractivity contribution in [1.82, 2.24) is 10.3 Å². The third-order valence-corrected chi connectivity index (χ3v) is 2.86. The van der Waals surface area contributed by atoms with Gasteiger partial charge in [-0.1, -0.05) is 13.0 Å². The van der Waals surface area contributed by atoms with Crippen molar-refractivity contribution in [2.75, 3.05) is 24.5 Å². The van der Waals surface area contributed by atoms with Crippen molar-refractivity contribution < 1.29 is 13.2 Å². The van der Waals surface area contributed by atoms with Crippen molar-refractivity contribution in [2.24, 2.45) is 0 Å². The first kappa shape index (κ1) is 15.8. The molecule has 0 bridgehead atoms. The molecule has 1 heterocycles. The largest absolute Gasteiger partial charge is 0.405 e. The molecule has 0 spiro atoms. The van der Waals surface area contributed by atoms with E-state index in [4.69, 9.17) is 0 Å². The lowest BCUT2D eigenvalue weighted by Gasteiger charge is -2.23. The lowest BCUT2D eigenvalue weighted by molar-refractivity contribution is -0.119. The van der Waals surface area contributed by atoms with Gasteiger partial charge in [0, 0.05) is 18.8 Å². The van der Waals surface area contributed by atoms with Crippen molar-refractivity contribution in [3.05, 3.63) is 23.9 Å². The van der Waals surface area contributed by atoms with Crippen molar-refractivity contribution in [1.29, 1.82) is 0 Å². The first-order valence-electron chi connectivity index (χ1n) is 6.38. The minimum absolute atomic E-state index is 0.143. The summed E-state index contributed by atoms with van der Waals surface area (Å²) in [5.41, 5.74) is 0.966. The highest BCUT2D eigenvalue weighted by atomic mass is 19.4. The van der Waals surface area contributed by atoms with Crippen LogP contribution in [0.3, 0.4) is 0 Å². The van der Waals surface area contributed by atoms with Crippen molar-refractivity contribution >= 4 is 5.82 Å². The molecule has 0 aliphatic carbocycles. The van der Waals surface area contributed by atoms with Crippen LogP contribution < -0.4 is 10.2 Å². The molecule has 0 radical (unpaired) electrons. The summed E-state index contributed by atoms with van der Waals surface area (Å²) in [6.07, 6.45) is -2.59. The fourth-order valence-electron chi connectivity index (χ4n) is 1.84. The lowest BCUT2D eigenvalue weighted by Crippen LogP contribution is -2.34. The minimum atomic E-state index is -4.21. The van der Waals surface area contributed by atoms with E-state index in [1.54, 1.807) is 19.2 Å². The summed E-state index contributed by atoms with van der Waals surface area (Å²) < 4.78 is 37.2. The normalized spacial score (nSPS) is 13.4. The Hall–Kier alpha value is -1.30. The summed E-state index contributed by atoms with van der Waals surface area (Å²) in [7, 11) is 0. The number of anilines is 1. The fraction of sp³-hybridized carbons (Fsp3) is 0.615. The van der Waals surface area contributed by atoms with E-state index in [0.29, 0.717) is 5.82 Å². The highest BCUT2D eigenvalue weighted by molar-refractivity contribution is 5.39. The maximum absolute atomic E-state index is 12.4. The molecule has 1 unspecified atom stereocenters. The van der Waals surface area contributed by atoms with Gasteiger partial charge in [-0.3, -0.25) is 0 Å². The van der Waals surface area contributed by atoms with Crippen molar-refractivity contribution in [3.8, 4) is 0 Å². The topological polar surface area (TPSA) is 28.2 Å². The first-order valence-corrected chi connectivity index (χ1v) is 6.38. The average molecular weight is 275 g/mol. The molecule has 3 nitrogen and oxygen atoms in total. The van der Waals surface area contributed by atoms with Crippen LogP contribution in [0, 0.1) is 0 Å². The number of halogens is 3. The van der Waals surface area contributed by atoms with Crippen LogP contribution in [0.25, 0.3) is 0 Å². The van der Waals surface area contributed by atoms with Crippen molar-refractivity contribution in [3.63, 3.8) is 0 Å². The third kappa shape index (κ3) is 5.06. The Labute approximate surface area is 111 Å². The number of hydrogen-bond acceptors (Lipinski definition) is 3. The maximum Gasteiger partial charge on any atom is 0.405 e. The summed E-state index contributed by atoms with van der Waals surface area (Å²) >= 11 is 0. The van der Waals surface area contributed by atoms with E-state index in [9.17, 15) is 13.2 Å². The molecule has 1 aromatic rings. The lowest BCUT2D eigenvalue weighted by atomic mass is 10.1. The average Bonchev–Trinajstić information content (AvgIpc) is 2.35. The van der Waals surface area contributed by atoms with Crippen LogP contribution in [-0.2, 0) is 0 Å². The zero-order valence-electron chi connectivity index (χ0n) is 11.5. The number of aromatic nitrogens is 1. The molecule has 1 atom stereocenters. The Kier molecular flexibility index (Phi) is 5.60. The quantitative estimate of drug-likeness (QED) is 0.864. The summed E-state index contributed by atoms with van der Waals surface area (Å²) in [5.74, 6) is 0.354. The number of rotatable bonds is 6. The number of alkyl halides is 3. The van der Waals surface area contributed by atoms with E-state index < -0.39 is 12.7 Å². The monoisotopic (exact) mass is 275 g/mol. The molecule has 108 valence electrons. The highest BCUT2D eigenvalue weighted by Crippen LogP contribution is 2.21. The molecule has 0 amide bonds. The molecule has 1 aromatic heterocycles. The third-order valence-electron chi connectivity index (χ3n) is 2.86. The van der Waals surface area contributed by atoms with E-state index in [1.165, 1.54) is 4.90 Å². The smallest absolute Gasteiger partial charge is 0.348 e. The Morgan fingerprint density at radius 3 is 2.42 bits per heavy atom. The summed E-state index contributed by atoms with van der Waals surface area (Å²) in [5, 5.41) is 3.23. The molecule has 0 aliphatic heterocycles. The van der Waals surface area contributed by atoms with Gasteiger partial charge >= 0.3 is 6.18 Å². The van der Waals surface area contributed by atoms with E-state index in [-0.39, 0.29) is 12.6 Å². The highest BCUT2D eigenvalue weighted by Gasteiger charge is 2.30. The Morgan fingerprint density at radius 2 is 2.00 bits per heavy atom.